The predicted octanol–water partition coefficient (Wildman–Crippen LogP) is 2.31. The van der Waals surface area contributed by atoms with Crippen molar-refractivity contribution in [3.63, 3.8) is 0 Å². The molecule has 1 saturated heterocycles. The van der Waals surface area contributed by atoms with Crippen molar-refractivity contribution < 1.29 is 4.79 Å². The molecule has 138 valence electrons. The first-order valence-electron chi connectivity index (χ1n) is 8.98. The second-order valence-electron chi connectivity index (χ2n) is 7.39. The van der Waals surface area contributed by atoms with E-state index < -0.39 is 0 Å². The van der Waals surface area contributed by atoms with E-state index in [0.717, 1.165) is 24.3 Å². The van der Waals surface area contributed by atoms with E-state index in [-0.39, 0.29) is 36.4 Å². The van der Waals surface area contributed by atoms with Crippen LogP contribution in [0.4, 0.5) is 0 Å². The summed E-state index contributed by atoms with van der Waals surface area (Å²) in [6.07, 6.45) is 8.01. The van der Waals surface area contributed by atoms with Crippen LogP contribution in [0, 0.1) is 11.8 Å². The highest BCUT2D eigenvalue weighted by atomic mass is 127. The number of thioether (sulfide) groups is 1. The van der Waals surface area contributed by atoms with Gasteiger partial charge >= 0.3 is 0 Å². The van der Waals surface area contributed by atoms with Crippen LogP contribution in [-0.2, 0) is 4.79 Å². The van der Waals surface area contributed by atoms with E-state index in [2.05, 4.69) is 15.6 Å². The maximum atomic E-state index is 11.8. The standard InChI is InChI=1S/C17H30N4OS.HI/c1-21(2)16(22)11-19-17(18-10-14-4-3-7-23-14)20-15-9-12-5-6-13(15)8-12;/h12-15H,3-11H2,1-2H3,(H2,18,19,20);1H. The van der Waals surface area contributed by atoms with Crippen molar-refractivity contribution in [2.24, 2.45) is 16.8 Å². The molecule has 0 spiro atoms. The number of nitrogens with zero attached hydrogens (tertiary/aromatic N) is 2. The first-order chi connectivity index (χ1) is 11.1. The fraction of sp³-hybridized carbons (Fsp3) is 0.882. The third-order valence-electron chi connectivity index (χ3n) is 5.45. The largest absolute Gasteiger partial charge is 0.355 e. The highest BCUT2D eigenvalue weighted by molar-refractivity contribution is 14.0. The van der Waals surface area contributed by atoms with Gasteiger partial charge in [0.15, 0.2) is 5.96 Å². The second kappa shape index (κ2) is 9.50. The van der Waals surface area contributed by atoms with Crippen LogP contribution in [0.25, 0.3) is 0 Å². The molecule has 0 aromatic heterocycles. The minimum atomic E-state index is 0. The molecule has 1 aliphatic heterocycles. The smallest absolute Gasteiger partial charge is 0.243 e. The average molecular weight is 466 g/mol. The van der Waals surface area contributed by atoms with Crippen molar-refractivity contribution in [1.82, 2.24) is 15.5 Å². The Morgan fingerprint density at radius 1 is 1.25 bits per heavy atom. The number of carbonyl (C=O) groups excluding carboxylic acids is 1. The Hall–Kier alpha value is -0.180. The molecule has 3 fully saturated rings. The van der Waals surface area contributed by atoms with Gasteiger partial charge in [-0.2, -0.15) is 11.8 Å². The molecule has 2 saturated carbocycles. The van der Waals surface area contributed by atoms with E-state index in [1.54, 1.807) is 19.0 Å². The highest BCUT2D eigenvalue weighted by Crippen LogP contribution is 2.44. The maximum absolute atomic E-state index is 11.8. The zero-order valence-corrected chi connectivity index (χ0v) is 17.9. The first kappa shape index (κ1) is 20.1. The van der Waals surface area contributed by atoms with Gasteiger partial charge in [-0.15, -0.1) is 24.0 Å². The van der Waals surface area contributed by atoms with Crippen LogP contribution in [-0.4, -0.2) is 61.0 Å². The number of carbonyl (C=O) groups is 1. The zero-order valence-electron chi connectivity index (χ0n) is 14.8. The number of fused-ring (bicyclic) bond motifs is 2. The Balaban J connectivity index is 0.00000208. The molecule has 3 aliphatic rings. The molecule has 5 nitrogen and oxygen atoms in total. The van der Waals surface area contributed by atoms with Crippen molar-refractivity contribution in [1.29, 1.82) is 0 Å². The van der Waals surface area contributed by atoms with Gasteiger partial charge in [-0.05, 0) is 49.7 Å². The normalized spacial score (nSPS) is 31.7. The van der Waals surface area contributed by atoms with Crippen LogP contribution >= 0.6 is 35.7 Å². The summed E-state index contributed by atoms with van der Waals surface area (Å²) in [5.74, 6) is 3.88. The maximum Gasteiger partial charge on any atom is 0.243 e. The molecular weight excluding hydrogens is 435 g/mol. The van der Waals surface area contributed by atoms with E-state index in [9.17, 15) is 4.79 Å². The van der Waals surface area contributed by atoms with Crippen molar-refractivity contribution >= 4 is 47.6 Å². The molecule has 24 heavy (non-hydrogen) atoms. The Kier molecular flexibility index (Phi) is 7.97. The summed E-state index contributed by atoms with van der Waals surface area (Å²) < 4.78 is 0. The number of hydrogen-bond acceptors (Lipinski definition) is 3. The van der Waals surface area contributed by atoms with Gasteiger partial charge in [0.05, 0.1) is 0 Å². The van der Waals surface area contributed by atoms with Gasteiger partial charge in [-0.3, -0.25) is 4.79 Å². The van der Waals surface area contributed by atoms with E-state index in [1.807, 2.05) is 11.8 Å². The monoisotopic (exact) mass is 466 g/mol. The summed E-state index contributed by atoms with van der Waals surface area (Å²) in [5.41, 5.74) is 0. The highest BCUT2D eigenvalue weighted by Gasteiger charge is 2.39. The van der Waals surface area contributed by atoms with Gasteiger partial charge in [-0.1, -0.05) is 6.42 Å². The molecule has 1 heterocycles. The van der Waals surface area contributed by atoms with Gasteiger partial charge in [0.1, 0.15) is 6.54 Å². The molecule has 4 unspecified atom stereocenters. The van der Waals surface area contributed by atoms with Crippen LogP contribution in [0.15, 0.2) is 4.99 Å². The Morgan fingerprint density at radius 3 is 2.67 bits per heavy atom. The first-order valence-corrected chi connectivity index (χ1v) is 10.0. The van der Waals surface area contributed by atoms with Crippen molar-refractivity contribution in [3.05, 3.63) is 0 Å². The minimum absolute atomic E-state index is 0. The number of amides is 1. The molecule has 3 rings (SSSR count). The van der Waals surface area contributed by atoms with Crippen LogP contribution in [0.5, 0.6) is 0 Å². The number of guanidine groups is 1. The van der Waals surface area contributed by atoms with Gasteiger partial charge in [0, 0.05) is 31.9 Å². The van der Waals surface area contributed by atoms with Gasteiger partial charge in [0.25, 0.3) is 0 Å². The zero-order chi connectivity index (χ0) is 16.2. The summed E-state index contributed by atoms with van der Waals surface area (Å²) in [7, 11) is 3.56. The van der Waals surface area contributed by atoms with E-state index in [4.69, 9.17) is 0 Å². The number of rotatable bonds is 5. The summed E-state index contributed by atoms with van der Waals surface area (Å²) in [4.78, 5) is 18.0. The lowest BCUT2D eigenvalue weighted by Crippen LogP contribution is -2.47. The van der Waals surface area contributed by atoms with Crippen LogP contribution in [0.2, 0.25) is 0 Å². The van der Waals surface area contributed by atoms with Crippen molar-refractivity contribution in [2.75, 3.05) is 32.9 Å². The summed E-state index contributed by atoms with van der Waals surface area (Å²) in [6, 6.07) is 0.547. The molecule has 7 heteroatoms. The van der Waals surface area contributed by atoms with E-state index in [0.29, 0.717) is 11.3 Å². The van der Waals surface area contributed by atoms with E-state index in [1.165, 1.54) is 44.3 Å². The Labute approximate surface area is 167 Å². The molecule has 0 aromatic carbocycles. The lowest BCUT2D eigenvalue weighted by Gasteiger charge is -2.26. The SMILES string of the molecule is CN(C)C(=O)CN=C(NCC1CCCS1)NC1CC2CCC1C2.I. The van der Waals surface area contributed by atoms with Gasteiger partial charge in [0.2, 0.25) is 5.91 Å². The summed E-state index contributed by atoms with van der Waals surface area (Å²) >= 11 is 2.05. The summed E-state index contributed by atoms with van der Waals surface area (Å²) in [6.45, 7) is 1.18. The third-order valence-corrected chi connectivity index (χ3v) is 6.85. The van der Waals surface area contributed by atoms with Crippen molar-refractivity contribution in [2.45, 2.75) is 49.8 Å². The molecular formula is C17H31IN4OS. The van der Waals surface area contributed by atoms with Crippen LogP contribution < -0.4 is 10.6 Å². The fourth-order valence-electron chi connectivity index (χ4n) is 4.05. The number of aliphatic imine (C=N–C) groups is 1. The number of hydrogen-bond donors (Lipinski definition) is 2. The van der Waals surface area contributed by atoms with Crippen molar-refractivity contribution in [3.8, 4) is 0 Å². The second-order valence-corrected chi connectivity index (χ2v) is 8.80. The molecule has 0 radical (unpaired) electrons. The predicted molar refractivity (Wildman–Crippen MR) is 112 cm³/mol. The molecule has 2 bridgehead atoms. The number of likely N-dealkylation sites (N-methyl/N-ethyl adjacent to an activating group) is 1. The minimum Gasteiger partial charge on any atom is -0.355 e. The van der Waals surface area contributed by atoms with Crippen LogP contribution in [0.1, 0.15) is 38.5 Å². The molecule has 0 aromatic rings. The van der Waals surface area contributed by atoms with Gasteiger partial charge < -0.3 is 15.5 Å². The molecule has 2 aliphatic carbocycles. The Morgan fingerprint density at radius 2 is 2.08 bits per heavy atom. The Bertz CT molecular complexity index is 454. The lowest BCUT2D eigenvalue weighted by molar-refractivity contribution is -0.127. The molecule has 1 amide bonds. The lowest BCUT2D eigenvalue weighted by atomic mass is 9.95. The van der Waals surface area contributed by atoms with Crippen LogP contribution in [0.3, 0.4) is 0 Å². The van der Waals surface area contributed by atoms with E-state index >= 15 is 0 Å². The quantitative estimate of drug-likeness (QED) is 0.371. The number of nitrogens with one attached hydrogen (secondary N) is 2. The number of halogens is 1. The third kappa shape index (κ3) is 5.41. The average Bonchev–Trinajstić information content (AvgIpc) is 3.26. The summed E-state index contributed by atoms with van der Waals surface area (Å²) in [5, 5.41) is 7.80. The fourth-order valence-corrected chi connectivity index (χ4v) is 5.25. The molecule has 4 atom stereocenters. The van der Waals surface area contributed by atoms with Gasteiger partial charge in [-0.25, -0.2) is 4.99 Å². The molecule has 2 N–H and O–H groups in total. The topological polar surface area (TPSA) is 56.7 Å².